The maximum Gasteiger partial charge on any atom is 0.295 e. The molecule has 0 aliphatic carbocycles. The van der Waals surface area contributed by atoms with Crippen molar-refractivity contribution in [3.63, 3.8) is 0 Å². The number of Topliss-reactive ketones (excluding diaryl/α,β-unsaturated/α-hetero) is 1. The Bertz CT molecular complexity index is 995. The highest BCUT2D eigenvalue weighted by Gasteiger charge is 2.46. The second-order valence-corrected chi connectivity index (χ2v) is 9.83. The molecular formula is C25H32N2O4S. The van der Waals surface area contributed by atoms with Crippen LogP contribution in [0, 0.1) is 12.8 Å². The van der Waals surface area contributed by atoms with Gasteiger partial charge in [0.05, 0.1) is 18.2 Å². The van der Waals surface area contributed by atoms with Crippen LogP contribution in [0.25, 0.3) is 5.76 Å². The molecule has 1 aliphatic rings. The fourth-order valence-corrected chi connectivity index (χ4v) is 4.63. The fraction of sp³-hybridized carbons (Fsp3) is 0.440. The standard InChI is InChI=1S/C25H32N2O4S/c1-16(2)15-31-19-10-9-18(14-17(19)3)23(28)21-22(20-8-6-13-32-20)27(25(30)24(21)29)12-7-11-26(4)5/h6,8-10,13-14,16,22,28H,7,11-12,15H2,1-5H3/t22-/m1/s1. The van der Waals surface area contributed by atoms with Gasteiger partial charge in [0.15, 0.2) is 0 Å². The van der Waals surface area contributed by atoms with Gasteiger partial charge in [-0.25, -0.2) is 0 Å². The van der Waals surface area contributed by atoms with Crippen LogP contribution in [0.2, 0.25) is 0 Å². The van der Waals surface area contributed by atoms with Crippen LogP contribution in [0.3, 0.4) is 0 Å². The first-order valence-corrected chi connectivity index (χ1v) is 11.8. The maximum absolute atomic E-state index is 13.0. The Morgan fingerprint density at radius 1 is 1.25 bits per heavy atom. The Morgan fingerprint density at radius 3 is 2.59 bits per heavy atom. The molecule has 32 heavy (non-hydrogen) atoms. The predicted octanol–water partition coefficient (Wildman–Crippen LogP) is 4.46. The quantitative estimate of drug-likeness (QED) is 0.343. The molecule has 7 heteroatoms. The van der Waals surface area contributed by atoms with Crippen molar-refractivity contribution >= 4 is 28.8 Å². The molecule has 1 atom stereocenters. The van der Waals surface area contributed by atoms with E-state index in [1.54, 1.807) is 23.1 Å². The van der Waals surface area contributed by atoms with Crippen molar-refractivity contribution in [1.29, 1.82) is 0 Å². The Kier molecular flexibility index (Phi) is 7.74. The van der Waals surface area contributed by atoms with Crippen molar-refractivity contribution in [1.82, 2.24) is 9.80 Å². The first kappa shape index (κ1) is 24.0. The van der Waals surface area contributed by atoms with Gasteiger partial charge in [-0.3, -0.25) is 9.59 Å². The van der Waals surface area contributed by atoms with E-state index in [4.69, 9.17) is 4.74 Å². The largest absolute Gasteiger partial charge is 0.507 e. The van der Waals surface area contributed by atoms with Crippen molar-refractivity contribution in [2.45, 2.75) is 33.2 Å². The highest BCUT2D eigenvalue weighted by molar-refractivity contribution is 7.10. The Hall–Kier alpha value is -2.64. The van der Waals surface area contributed by atoms with Crippen LogP contribution in [0.5, 0.6) is 5.75 Å². The average Bonchev–Trinajstić information content (AvgIpc) is 3.34. The number of nitrogens with zero attached hydrogens (tertiary/aromatic N) is 2. The van der Waals surface area contributed by atoms with Crippen molar-refractivity contribution in [2.24, 2.45) is 5.92 Å². The molecule has 1 aliphatic heterocycles. The van der Waals surface area contributed by atoms with Crippen LogP contribution >= 0.6 is 11.3 Å². The number of amides is 1. The van der Waals surface area contributed by atoms with Crippen LogP contribution in [-0.2, 0) is 9.59 Å². The lowest BCUT2D eigenvalue weighted by Crippen LogP contribution is -2.32. The molecule has 1 aromatic carbocycles. The van der Waals surface area contributed by atoms with Gasteiger partial charge in [0, 0.05) is 17.0 Å². The summed E-state index contributed by atoms with van der Waals surface area (Å²) >= 11 is 1.48. The van der Waals surface area contributed by atoms with Crippen molar-refractivity contribution < 1.29 is 19.4 Å². The van der Waals surface area contributed by atoms with Gasteiger partial charge in [-0.1, -0.05) is 19.9 Å². The maximum atomic E-state index is 13.0. The van der Waals surface area contributed by atoms with E-state index < -0.39 is 17.7 Å². The van der Waals surface area contributed by atoms with E-state index in [9.17, 15) is 14.7 Å². The summed E-state index contributed by atoms with van der Waals surface area (Å²) in [5.41, 5.74) is 1.52. The number of thiophene rings is 1. The summed E-state index contributed by atoms with van der Waals surface area (Å²) in [6.45, 7) is 7.92. The summed E-state index contributed by atoms with van der Waals surface area (Å²) in [6.07, 6.45) is 0.739. The van der Waals surface area contributed by atoms with Crippen LogP contribution in [0.15, 0.2) is 41.3 Å². The number of carbonyl (C=O) groups excluding carboxylic acids is 2. The SMILES string of the molecule is Cc1cc(C(O)=C2C(=O)C(=O)N(CCCN(C)C)[C@@H]2c2cccs2)ccc1OCC(C)C. The minimum absolute atomic E-state index is 0.143. The number of carbonyl (C=O) groups is 2. The number of rotatable bonds is 9. The number of ketones is 1. The van der Waals surface area contributed by atoms with Gasteiger partial charge in [-0.05, 0) is 75.1 Å². The monoisotopic (exact) mass is 456 g/mol. The smallest absolute Gasteiger partial charge is 0.295 e. The normalized spacial score (nSPS) is 18.2. The highest BCUT2D eigenvalue weighted by atomic mass is 32.1. The number of aliphatic hydroxyl groups excluding tert-OH is 1. The second kappa shape index (κ2) is 10.3. The first-order valence-electron chi connectivity index (χ1n) is 10.9. The number of hydrogen-bond acceptors (Lipinski definition) is 6. The molecule has 3 rings (SSSR count). The van der Waals surface area contributed by atoms with Gasteiger partial charge in [0.25, 0.3) is 11.7 Å². The van der Waals surface area contributed by atoms with E-state index in [-0.39, 0.29) is 11.3 Å². The molecule has 6 nitrogen and oxygen atoms in total. The predicted molar refractivity (Wildman–Crippen MR) is 128 cm³/mol. The summed E-state index contributed by atoms with van der Waals surface area (Å²) in [7, 11) is 3.95. The number of ether oxygens (including phenoxy) is 1. The molecular weight excluding hydrogens is 424 g/mol. The number of likely N-dealkylation sites (tertiary alicyclic amines) is 1. The zero-order valence-corrected chi connectivity index (χ0v) is 20.2. The third-order valence-electron chi connectivity index (χ3n) is 5.38. The lowest BCUT2D eigenvalue weighted by Gasteiger charge is -2.24. The van der Waals surface area contributed by atoms with Gasteiger partial charge >= 0.3 is 0 Å². The molecule has 1 saturated heterocycles. The van der Waals surface area contributed by atoms with Crippen molar-refractivity contribution in [3.8, 4) is 5.75 Å². The second-order valence-electron chi connectivity index (χ2n) is 8.85. The van der Waals surface area contributed by atoms with E-state index in [0.717, 1.165) is 29.2 Å². The van der Waals surface area contributed by atoms with Crippen LogP contribution in [0.4, 0.5) is 0 Å². The van der Waals surface area contributed by atoms with Crippen molar-refractivity contribution in [3.05, 3.63) is 57.3 Å². The molecule has 1 fully saturated rings. The third kappa shape index (κ3) is 5.22. The number of hydrogen-bond donors (Lipinski definition) is 1. The van der Waals surface area contributed by atoms with Crippen molar-refractivity contribution in [2.75, 3.05) is 33.8 Å². The van der Waals surface area contributed by atoms with Gasteiger partial charge in [0.2, 0.25) is 0 Å². The molecule has 2 aromatic rings. The van der Waals surface area contributed by atoms with Crippen LogP contribution in [-0.4, -0.2) is 60.4 Å². The Labute approximate surface area is 194 Å². The summed E-state index contributed by atoms with van der Waals surface area (Å²) < 4.78 is 5.83. The molecule has 1 amide bonds. The zero-order chi connectivity index (χ0) is 23.4. The van der Waals surface area contributed by atoms with E-state index in [2.05, 4.69) is 13.8 Å². The summed E-state index contributed by atoms with van der Waals surface area (Å²) in [5, 5.41) is 13.1. The minimum atomic E-state index is -0.636. The molecule has 0 radical (unpaired) electrons. The molecule has 0 unspecified atom stereocenters. The Balaban J connectivity index is 1.98. The summed E-state index contributed by atoms with van der Waals surface area (Å²) in [5.74, 6) is -0.192. The van der Waals surface area contributed by atoms with E-state index in [0.29, 0.717) is 24.6 Å². The van der Waals surface area contributed by atoms with E-state index in [1.165, 1.54) is 11.3 Å². The number of benzene rings is 1. The van der Waals surface area contributed by atoms with Gasteiger partial charge in [0.1, 0.15) is 11.5 Å². The first-order chi connectivity index (χ1) is 15.2. The lowest BCUT2D eigenvalue weighted by molar-refractivity contribution is -0.139. The third-order valence-corrected chi connectivity index (χ3v) is 6.30. The van der Waals surface area contributed by atoms with Crippen LogP contribution < -0.4 is 4.74 Å². The molecule has 0 saturated carbocycles. The molecule has 1 N–H and O–H groups in total. The molecule has 1 aromatic heterocycles. The van der Waals surface area contributed by atoms with Gasteiger partial charge < -0.3 is 19.6 Å². The number of aliphatic hydroxyl groups is 1. The number of aryl methyl sites for hydroxylation is 1. The molecule has 172 valence electrons. The summed E-state index contributed by atoms with van der Waals surface area (Å²) in [6, 6.07) is 8.57. The van der Waals surface area contributed by atoms with Crippen LogP contribution in [0.1, 0.15) is 42.3 Å². The topological polar surface area (TPSA) is 70.1 Å². The minimum Gasteiger partial charge on any atom is -0.507 e. The van der Waals surface area contributed by atoms with Gasteiger partial charge in [-0.15, -0.1) is 11.3 Å². The van der Waals surface area contributed by atoms with E-state index in [1.807, 2.05) is 43.4 Å². The highest BCUT2D eigenvalue weighted by Crippen LogP contribution is 2.41. The lowest BCUT2D eigenvalue weighted by atomic mass is 9.98. The fourth-order valence-electron chi connectivity index (χ4n) is 3.78. The zero-order valence-electron chi connectivity index (χ0n) is 19.4. The van der Waals surface area contributed by atoms with Gasteiger partial charge in [-0.2, -0.15) is 0 Å². The molecule has 0 spiro atoms. The Morgan fingerprint density at radius 2 is 2.00 bits per heavy atom. The summed E-state index contributed by atoms with van der Waals surface area (Å²) in [4.78, 5) is 30.4. The average molecular weight is 457 g/mol. The molecule has 0 bridgehead atoms. The van der Waals surface area contributed by atoms with E-state index >= 15 is 0 Å². The molecule has 2 heterocycles.